The van der Waals surface area contributed by atoms with Gasteiger partial charge in [0.25, 0.3) is 0 Å². The number of nitrogens with zero attached hydrogens (tertiary/aromatic N) is 4. The molecule has 7 nitrogen and oxygen atoms in total. The zero-order valence-corrected chi connectivity index (χ0v) is 19.9. The maximum Gasteiger partial charge on any atom is 0.348 e. The Morgan fingerprint density at radius 1 is 1.00 bits per heavy atom. The number of ether oxygens (including phenoxy) is 1. The molecule has 5 rings (SSSR count). The second-order valence-electron chi connectivity index (χ2n) is 7.41. The molecule has 0 radical (unpaired) electrons. The molecule has 5 aromatic rings. The van der Waals surface area contributed by atoms with Crippen LogP contribution in [0.5, 0.6) is 0 Å². The molecule has 0 amide bonds. The van der Waals surface area contributed by atoms with Crippen LogP contribution in [0.15, 0.2) is 83.4 Å². The number of aromatic nitrogens is 4. The second-order valence-corrected chi connectivity index (χ2v) is 7.41. The third kappa shape index (κ3) is 4.21. The predicted molar refractivity (Wildman–Crippen MR) is 120 cm³/mol. The van der Waals surface area contributed by atoms with Crippen LogP contribution < -0.4 is 21.5 Å². The molecule has 0 aliphatic rings. The maximum absolute atomic E-state index is 12.3. The molecule has 33 heavy (non-hydrogen) atoms. The fourth-order valence-corrected chi connectivity index (χ4v) is 3.95. The van der Waals surface area contributed by atoms with Crippen molar-refractivity contribution in [2.45, 2.75) is 13.5 Å². The lowest BCUT2D eigenvalue weighted by molar-refractivity contribution is -0.634. The van der Waals surface area contributed by atoms with Crippen molar-refractivity contribution in [3.8, 4) is 28.7 Å². The van der Waals surface area contributed by atoms with Crippen LogP contribution in [0.2, 0.25) is 0 Å². The zero-order chi connectivity index (χ0) is 22.1. The molecule has 0 saturated heterocycles. The summed E-state index contributed by atoms with van der Waals surface area (Å²) in [5.41, 5.74) is 3.64. The highest BCUT2D eigenvalue weighted by Gasteiger charge is 2.29. The van der Waals surface area contributed by atoms with Crippen molar-refractivity contribution in [2.24, 2.45) is 7.05 Å². The molecule has 0 aliphatic carbocycles. The minimum atomic E-state index is -0.288. The van der Waals surface area contributed by atoms with E-state index in [0.717, 1.165) is 28.2 Å². The van der Waals surface area contributed by atoms with Crippen LogP contribution in [0.4, 0.5) is 0 Å². The van der Waals surface area contributed by atoms with Gasteiger partial charge >= 0.3 is 11.8 Å². The molecule has 0 fully saturated rings. The first-order chi connectivity index (χ1) is 15.7. The second kappa shape index (κ2) is 9.46. The molecule has 0 bridgehead atoms. The van der Waals surface area contributed by atoms with E-state index < -0.39 is 0 Å². The largest absolute Gasteiger partial charge is 1.00 e. The number of carbonyl (C=O) groups is 1. The molecule has 2 aromatic carbocycles. The third-order valence-electron chi connectivity index (χ3n) is 5.39. The van der Waals surface area contributed by atoms with Crippen LogP contribution in [-0.4, -0.2) is 26.9 Å². The Hall–Kier alpha value is -3.65. The number of rotatable bonds is 6. The molecule has 0 spiro atoms. The van der Waals surface area contributed by atoms with Gasteiger partial charge in [-0.2, -0.15) is 5.10 Å². The molecular formula is C25H23BrN4O3. The molecule has 168 valence electrons. The first-order valence-corrected chi connectivity index (χ1v) is 10.5. The van der Waals surface area contributed by atoms with E-state index in [1.165, 1.54) is 0 Å². The Bertz CT molecular complexity index is 1400. The van der Waals surface area contributed by atoms with Crippen LogP contribution in [0.1, 0.15) is 6.92 Å². The van der Waals surface area contributed by atoms with E-state index in [1.54, 1.807) is 6.92 Å². The number of furan rings is 1. The van der Waals surface area contributed by atoms with Crippen molar-refractivity contribution >= 4 is 17.0 Å². The van der Waals surface area contributed by atoms with Crippen LogP contribution in [-0.2, 0) is 23.1 Å². The van der Waals surface area contributed by atoms with Gasteiger partial charge in [-0.05, 0) is 49.4 Å². The Morgan fingerprint density at radius 3 is 2.52 bits per heavy atom. The van der Waals surface area contributed by atoms with Crippen molar-refractivity contribution in [3.05, 3.63) is 79.0 Å². The predicted octanol–water partition coefficient (Wildman–Crippen LogP) is 1.15. The van der Waals surface area contributed by atoms with Gasteiger partial charge < -0.3 is 26.1 Å². The number of carbonyl (C=O) groups excluding carboxylic acids is 1. The standard InChI is InChI=1S/C25H23N4O3.BrH/c1-3-31-24(30)17-28-21-12-8-7-11-20(21)27(2)25(28)23-14-13-22(32-23)19-15-16-29(26-19)18-9-5-4-6-10-18;/h4-16H,3,17H2,1-2H3;1H/q+1;/p-1. The van der Waals surface area contributed by atoms with Gasteiger partial charge in [-0.25, -0.2) is 18.6 Å². The summed E-state index contributed by atoms with van der Waals surface area (Å²) in [6, 6.07) is 23.6. The lowest BCUT2D eigenvalue weighted by Crippen LogP contribution is -3.00. The Balaban J connectivity index is 0.00000259. The summed E-state index contributed by atoms with van der Waals surface area (Å²) in [4.78, 5) is 12.3. The number of fused-ring (bicyclic) bond motifs is 1. The van der Waals surface area contributed by atoms with E-state index >= 15 is 0 Å². The summed E-state index contributed by atoms with van der Waals surface area (Å²) in [5.74, 6) is 1.80. The Kier molecular flexibility index (Phi) is 6.46. The first kappa shape index (κ1) is 22.5. The summed E-state index contributed by atoms with van der Waals surface area (Å²) < 4.78 is 17.2. The number of aryl methyl sites for hydroxylation is 1. The molecule has 8 heteroatoms. The molecule has 0 atom stereocenters. The van der Waals surface area contributed by atoms with E-state index in [2.05, 4.69) is 5.10 Å². The fraction of sp³-hybridized carbons (Fsp3) is 0.160. The minimum absolute atomic E-state index is 0. The average molecular weight is 507 g/mol. The normalized spacial score (nSPS) is 10.8. The lowest BCUT2D eigenvalue weighted by atomic mass is 10.3. The van der Waals surface area contributed by atoms with Crippen LogP contribution in [0.3, 0.4) is 0 Å². The number of imidazole rings is 1. The molecule has 0 saturated carbocycles. The fourth-order valence-electron chi connectivity index (χ4n) is 3.95. The third-order valence-corrected chi connectivity index (χ3v) is 5.39. The molecular weight excluding hydrogens is 484 g/mol. The van der Waals surface area contributed by atoms with Gasteiger partial charge in [0.1, 0.15) is 5.69 Å². The number of para-hydroxylation sites is 3. The molecule has 0 aliphatic heterocycles. The van der Waals surface area contributed by atoms with Gasteiger partial charge in [-0.1, -0.05) is 30.3 Å². The van der Waals surface area contributed by atoms with Crippen molar-refractivity contribution in [1.82, 2.24) is 14.3 Å². The lowest BCUT2D eigenvalue weighted by Gasteiger charge is -2.02. The number of benzene rings is 2. The summed E-state index contributed by atoms with van der Waals surface area (Å²) >= 11 is 0. The number of esters is 1. The highest BCUT2D eigenvalue weighted by molar-refractivity contribution is 5.79. The topological polar surface area (TPSA) is 66.1 Å². The summed E-state index contributed by atoms with van der Waals surface area (Å²) in [6.07, 6.45) is 1.91. The molecule has 3 heterocycles. The van der Waals surface area contributed by atoms with Gasteiger partial charge in [0.15, 0.2) is 23.3 Å². The van der Waals surface area contributed by atoms with Gasteiger partial charge in [-0.3, -0.25) is 0 Å². The molecule has 3 aromatic heterocycles. The van der Waals surface area contributed by atoms with E-state index in [9.17, 15) is 4.79 Å². The number of hydrogen-bond donors (Lipinski definition) is 0. The van der Waals surface area contributed by atoms with E-state index in [1.807, 2.05) is 99.9 Å². The number of hydrogen-bond acceptors (Lipinski definition) is 4. The summed E-state index contributed by atoms with van der Waals surface area (Å²) in [5, 5.41) is 4.65. The van der Waals surface area contributed by atoms with Crippen molar-refractivity contribution < 1.29 is 35.5 Å². The van der Waals surface area contributed by atoms with Crippen molar-refractivity contribution in [1.29, 1.82) is 0 Å². The smallest absolute Gasteiger partial charge is 0.348 e. The zero-order valence-electron chi connectivity index (χ0n) is 18.3. The Labute approximate surface area is 201 Å². The van der Waals surface area contributed by atoms with Gasteiger partial charge in [-0.15, -0.1) is 0 Å². The van der Waals surface area contributed by atoms with Gasteiger partial charge in [0, 0.05) is 6.20 Å². The number of halogens is 1. The average Bonchev–Trinajstić information content (AvgIpc) is 3.54. The SMILES string of the molecule is CCOC(=O)Cn1c(-c2ccc(-c3ccn(-c4ccccc4)n3)o2)[n+](C)c2ccccc21.[Br-]. The quantitative estimate of drug-likeness (QED) is 0.256. The van der Waals surface area contributed by atoms with Crippen LogP contribution >= 0.6 is 0 Å². The van der Waals surface area contributed by atoms with E-state index in [0.29, 0.717) is 18.1 Å². The maximum atomic E-state index is 12.3. The van der Waals surface area contributed by atoms with Gasteiger partial charge in [0.2, 0.25) is 5.76 Å². The van der Waals surface area contributed by atoms with Crippen molar-refractivity contribution in [2.75, 3.05) is 6.61 Å². The van der Waals surface area contributed by atoms with E-state index in [-0.39, 0.29) is 29.5 Å². The highest BCUT2D eigenvalue weighted by atomic mass is 79.9. The van der Waals surface area contributed by atoms with Crippen LogP contribution in [0, 0.1) is 0 Å². The van der Waals surface area contributed by atoms with Gasteiger partial charge in [0.05, 0.1) is 19.3 Å². The summed E-state index contributed by atoms with van der Waals surface area (Å²) in [7, 11) is 1.96. The molecule has 0 unspecified atom stereocenters. The van der Waals surface area contributed by atoms with E-state index in [4.69, 9.17) is 9.15 Å². The minimum Gasteiger partial charge on any atom is -1.00 e. The summed E-state index contributed by atoms with van der Waals surface area (Å²) in [6.45, 7) is 2.25. The van der Waals surface area contributed by atoms with Crippen LogP contribution in [0.25, 0.3) is 39.8 Å². The molecule has 0 N–H and O–H groups in total. The Morgan fingerprint density at radius 2 is 1.73 bits per heavy atom. The monoisotopic (exact) mass is 506 g/mol. The first-order valence-electron chi connectivity index (χ1n) is 10.5. The highest BCUT2D eigenvalue weighted by Crippen LogP contribution is 2.29. The van der Waals surface area contributed by atoms with Crippen molar-refractivity contribution in [3.63, 3.8) is 0 Å².